The molecule has 1 aliphatic rings. The molecule has 0 unspecified atom stereocenters. The fraction of sp³-hybridized carbons (Fsp3) is 0.667. The number of hydrogen-bond donors (Lipinski definition) is 1. The summed E-state index contributed by atoms with van der Waals surface area (Å²) in [5.74, 6) is 0.818. The van der Waals surface area contributed by atoms with Gasteiger partial charge in [0.25, 0.3) is 0 Å². The van der Waals surface area contributed by atoms with Crippen molar-refractivity contribution in [1.82, 2.24) is 25.0 Å². The van der Waals surface area contributed by atoms with Gasteiger partial charge in [0.15, 0.2) is 11.3 Å². The lowest BCUT2D eigenvalue weighted by Crippen LogP contribution is -2.16. The zero-order chi connectivity index (χ0) is 12.5. The molecule has 0 aromatic carbocycles. The van der Waals surface area contributed by atoms with Gasteiger partial charge in [-0.2, -0.15) is 4.80 Å². The Balaban J connectivity index is 1.95. The second-order valence-electron chi connectivity index (χ2n) is 5.13. The SMILES string of the molecule is CC(C)n1nc2ncnc(NC3CCCC3)c2n1. The second-order valence-corrected chi connectivity index (χ2v) is 5.13. The Hall–Kier alpha value is -1.72. The van der Waals surface area contributed by atoms with Crippen molar-refractivity contribution in [1.29, 1.82) is 0 Å². The molecule has 0 amide bonds. The molecular formula is C12H18N6. The normalized spacial score (nSPS) is 16.8. The average molecular weight is 246 g/mol. The Morgan fingerprint density at radius 1 is 1.22 bits per heavy atom. The minimum absolute atomic E-state index is 0.235. The van der Waals surface area contributed by atoms with Gasteiger partial charge in [0.2, 0.25) is 5.65 Å². The minimum atomic E-state index is 0.235. The first-order chi connectivity index (χ1) is 8.74. The highest BCUT2D eigenvalue weighted by Gasteiger charge is 2.18. The van der Waals surface area contributed by atoms with E-state index in [1.807, 2.05) is 0 Å². The summed E-state index contributed by atoms with van der Waals surface area (Å²) in [7, 11) is 0. The molecule has 0 aliphatic heterocycles. The molecule has 0 radical (unpaired) electrons. The lowest BCUT2D eigenvalue weighted by Gasteiger charge is -2.11. The third-order valence-electron chi connectivity index (χ3n) is 3.36. The quantitative estimate of drug-likeness (QED) is 0.898. The van der Waals surface area contributed by atoms with Gasteiger partial charge in [-0.25, -0.2) is 9.97 Å². The van der Waals surface area contributed by atoms with Crippen LogP contribution in [-0.4, -0.2) is 31.0 Å². The van der Waals surface area contributed by atoms with Crippen molar-refractivity contribution in [2.75, 3.05) is 5.32 Å². The highest BCUT2D eigenvalue weighted by molar-refractivity contribution is 5.81. The summed E-state index contributed by atoms with van der Waals surface area (Å²) in [6, 6.07) is 0.755. The molecule has 96 valence electrons. The molecular weight excluding hydrogens is 228 g/mol. The van der Waals surface area contributed by atoms with E-state index in [4.69, 9.17) is 0 Å². The minimum Gasteiger partial charge on any atom is -0.365 e. The summed E-state index contributed by atoms with van der Waals surface area (Å²) in [4.78, 5) is 10.2. The number of nitrogens with one attached hydrogen (secondary N) is 1. The second kappa shape index (κ2) is 4.51. The predicted molar refractivity (Wildman–Crippen MR) is 69.4 cm³/mol. The van der Waals surface area contributed by atoms with Crippen LogP contribution < -0.4 is 5.32 Å². The fourth-order valence-corrected chi connectivity index (χ4v) is 2.36. The molecule has 3 rings (SSSR count). The van der Waals surface area contributed by atoms with Crippen LogP contribution in [-0.2, 0) is 0 Å². The van der Waals surface area contributed by atoms with Gasteiger partial charge in [-0.1, -0.05) is 12.8 Å². The van der Waals surface area contributed by atoms with Crippen molar-refractivity contribution < 1.29 is 0 Å². The van der Waals surface area contributed by atoms with E-state index in [1.165, 1.54) is 25.7 Å². The van der Waals surface area contributed by atoms with Crippen LogP contribution in [0.5, 0.6) is 0 Å². The lowest BCUT2D eigenvalue weighted by molar-refractivity contribution is 0.471. The molecule has 2 aromatic rings. The highest BCUT2D eigenvalue weighted by Crippen LogP contribution is 2.24. The Morgan fingerprint density at radius 3 is 2.72 bits per heavy atom. The summed E-state index contributed by atoms with van der Waals surface area (Å²) in [5, 5.41) is 12.3. The molecule has 1 saturated carbocycles. The maximum absolute atomic E-state index is 4.47. The molecule has 2 aromatic heterocycles. The molecule has 1 fully saturated rings. The molecule has 0 bridgehead atoms. The lowest BCUT2D eigenvalue weighted by atomic mass is 10.2. The van der Waals surface area contributed by atoms with Gasteiger partial charge in [-0.05, 0) is 26.7 Å². The van der Waals surface area contributed by atoms with E-state index < -0.39 is 0 Å². The summed E-state index contributed by atoms with van der Waals surface area (Å²) in [6.45, 7) is 4.10. The van der Waals surface area contributed by atoms with Crippen molar-refractivity contribution in [3.8, 4) is 0 Å². The van der Waals surface area contributed by atoms with Crippen molar-refractivity contribution in [3.63, 3.8) is 0 Å². The van der Waals surface area contributed by atoms with Gasteiger partial charge >= 0.3 is 0 Å². The Kier molecular flexibility index (Phi) is 2.85. The molecule has 0 spiro atoms. The number of rotatable bonds is 3. The fourth-order valence-electron chi connectivity index (χ4n) is 2.36. The van der Waals surface area contributed by atoms with Crippen LogP contribution in [0.2, 0.25) is 0 Å². The Labute approximate surface area is 106 Å². The van der Waals surface area contributed by atoms with E-state index in [9.17, 15) is 0 Å². The van der Waals surface area contributed by atoms with Crippen LogP contribution in [0, 0.1) is 0 Å². The third-order valence-corrected chi connectivity index (χ3v) is 3.36. The van der Waals surface area contributed by atoms with Gasteiger partial charge in [0.1, 0.15) is 6.33 Å². The molecule has 0 atom stereocenters. The van der Waals surface area contributed by atoms with E-state index in [2.05, 4.69) is 39.3 Å². The molecule has 1 N–H and O–H groups in total. The largest absolute Gasteiger partial charge is 0.365 e. The first-order valence-electron chi connectivity index (χ1n) is 6.58. The van der Waals surface area contributed by atoms with E-state index in [-0.39, 0.29) is 6.04 Å². The number of fused-ring (bicyclic) bond motifs is 1. The van der Waals surface area contributed by atoms with Crippen LogP contribution in [0.1, 0.15) is 45.6 Å². The van der Waals surface area contributed by atoms with E-state index in [0.717, 1.165) is 11.3 Å². The average Bonchev–Trinajstić information content (AvgIpc) is 2.97. The van der Waals surface area contributed by atoms with E-state index in [1.54, 1.807) is 11.1 Å². The molecule has 6 heteroatoms. The Bertz CT molecular complexity index is 540. The summed E-state index contributed by atoms with van der Waals surface area (Å²) >= 11 is 0. The molecule has 0 saturated heterocycles. The number of anilines is 1. The first kappa shape index (κ1) is 11.4. The smallest absolute Gasteiger partial charge is 0.207 e. The molecule has 2 heterocycles. The maximum Gasteiger partial charge on any atom is 0.207 e. The zero-order valence-electron chi connectivity index (χ0n) is 10.8. The van der Waals surface area contributed by atoms with E-state index in [0.29, 0.717) is 11.7 Å². The van der Waals surface area contributed by atoms with Crippen LogP contribution >= 0.6 is 0 Å². The number of nitrogens with zero attached hydrogens (tertiary/aromatic N) is 5. The van der Waals surface area contributed by atoms with Gasteiger partial charge < -0.3 is 5.32 Å². The summed E-state index contributed by atoms with van der Waals surface area (Å²) in [5.41, 5.74) is 1.44. The number of aromatic nitrogens is 5. The van der Waals surface area contributed by atoms with Crippen LogP contribution in [0.3, 0.4) is 0 Å². The monoisotopic (exact) mass is 246 g/mol. The summed E-state index contributed by atoms with van der Waals surface area (Å²) < 4.78 is 0. The van der Waals surface area contributed by atoms with Crippen molar-refractivity contribution in [2.24, 2.45) is 0 Å². The molecule has 1 aliphatic carbocycles. The van der Waals surface area contributed by atoms with E-state index >= 15 is 0 Å². The van der Waals surface area contributed by atoms with Crippen LogP contribution in [0.25, 0.3) is 11.2 Å². The zero-order valence-corrected chi connectivity index (χ0v) is 10.8. The van der Waals surface area contributed by atoms with Crippen LogP contribution in [0.15, 0.2) is 6.33 Å². The highest BCUT2D eigenvalue weighted by atomic mass is 15.5. The molecule has 18 heavy (non-hydrogen) atoms. The van der Waals surface area contributed by atoms with Gasteiger partial charge in [-0.15, -0.1) is 10.2 Å². The topological polar surface area (TPSA) is 68.5 Å². The standard InChI is InChI=1S/C12H18N6/c1-8(2)18-16-10-11(13-7-14-12(10)17-18)15-9-5-3-4-6-9/h7-9H,3-6H2,1-2H3,(H,13,14,15,17). The van der Waals surface area contributed by atoms with Gasteiger partial charge in [-0.3, -0.25) is 0 Å². The van der Waals surface area contributed by atoms with Crippen molar-refractivity contribution >= 4 is 17.0 Å². The Morgan fingerprint density at radius 2 is 2.00 bits per heavy atom. The van der Waals surface area contributed by atoms with Gasteiger partial charge in [0.05, 0.1) is 6.04 Å². The van der Waals surface area contributed by atoms with Gasteiger partial charge in [0, 0.05) is 6.04 Å². The maximum atomic E-state index is 4.47. The van der Waals surface area contributed by atoms with Crippen molar-refractivity contribution in [2.45, 2.75) is 51.6 Å². The third kappa shape index (κ3) is 2.02. The number of hydrogen-bond acceptors (Lipinski definition) is 5. The predicted octanol–water partition coefficient (Wildman–Crippen LogP) is 2.16. The molecule has 6 nitrogen and oxygen atoms in total. The first-order valence-corrected chi connectivity index (χ1v) is 6.58. The summed E-state index contributed by atoms with van der Waals surface area (Å²) in [6.07, 6.45) is 6.57. The van der Waals surface area contributed by atoms with Crippen molar-refractivity contribution in [3.05, 3.63) is 6.33 Å². The van der Waals surface area contributed by atoms with Crippen LogP contribution in [0.4, 0.5) is 5.82 Å².